The maximum absolute atomic E-state index is 11.4. The van der Waals surface area contributed by atoms with Crippen molar-refractivity contribution in [1.29, 1.82) is 0 Å². The summed E-state index contributed by atoms with van der Waals surface area (Å²) in [6.07, 6.45) is -2.31. The first-order valence-electron chi connectivity index (χ1n) is 8.57. The van der Waals surface area contributed by atoms with Crippen LogP contribution in [0.3, 0.4) is 0 Å². The van der Waals surface area contributed by atoms with E-state index in [1.807, 2.05) is 6.92 Å². The van der Waals surface area contributed by atoms with Gasteiger partial charge in [-0.2, -0.15) is 0 Å². The third kappa shape index (κ3) is 3.44. The number of hydrogen-bond donors (Lipinski definition) is 4. The molecular formula is C15H23N7O5. The molecule has 0 aliphatic carbocycles. The molecule has 1 aliphatic rings. The smallest absolute Gasteiger partial charge is 0.211 e. The quantitative estimate of drug-likeness (QED) is 0.237. The van der Waals surface area contributed by atoms with Gasteiger partial charge in [0.2, 0.25) is 6.41 Å². The second-order valence-electron chi connectivity index (χ2n) is 6.00. The highest BCUT2D eigenvalue weighted by molar-refractivity contribution is 5.81. The second-order valence-corrected chi connectivity index (χ2v) is 6.00. The van der Waals surface area contributed by atoms with E-state index in [2.05, 4.69) is 20.4 Å². The molecule has 2 aromatic heterocycles. The minimum absolute atomic E-state index is 0.190. The standard InChI is InChI=1S/C15H23N7O5/c1-3-20-27-15(21(4-2)7-23)11-9(24)10(25)14(26-11)22-6-19-8-12(16)17-5-18-13(8)22/h5-7,9-11,14-15,20,24-25H,3-4H2,1-2H3,(H2,16,17,18)/t9-,10+,11-,14+,15?/m0/s1. The van der Waals surface area contributed by atoms with Gasteiger partial charge in [0.25, 0.3) is 0 Å². The molecule has 148 valence electrons. The van der Waals surface area contributed by atoms with Crippen LogP contribution in [0.5, 0.6) is 0 Å². The molecule has 0 bridgehead atoms. The van der Waals surface area contributed by atoms with Gasteiger partial charge in [0.1, 0.15) is 30.2 Å². The van der Waals surface area contributed by atoms with Crippen molar-refractivity contribution < 1.29 is 24.6 Å². The predicted molar refractivity (Wildman–Crippen MR) is 92.7 cm³/mol. The molecule has 1 fully saturated rings. The van der Waals surface area contributed by atoms with Crippen LogP contribution in [-0.2, 0) is 14.4 Å². The molecule has 1 unspecified atom stereocenters. The van der Waals surface area contributed by atoms with Gasteiger partial charge in [-0.3, -0.25) is 14.2 Å². The molecule has 27 heavy (non-hydrogen) atoms. The Morgan fingerprint density at radius 3 is 2.85 bits per heavy atom. The highest BCUT2D eigenvalue weighted by Crippen LogP contribution is 2.34. The second kappa shape index (κ2) is 8.10. The number of carbonyl (C=O) groups is 1. The number of aromatic nitrogens is 4. The molecule has 5 atom stereocenters. The first kappa shape index (κ1) is 19.4. The molecule has 0 saturated carbocycles. The summed E-state index contributed by atoms with van der Waals surface area (Å²) in [5.74, 6) is 0.190. The van der Waals surface area contributed by atoms with Gasteiger partial charge in [0, 0.05) is 13.1 Å². The van der Waals surface area contributed by atoms with Gasteiger partial charge in [0.05, 0.1) is 6.33 Å². The minimum atomic E-state index is -1.32. The number of carbonyl (C=O) groups excluding carboxylic acids is 1. The van der Waals surface area contributed by atoms with Crippen molar-refractivity contribution in [3.05, 3.63) is 12.7 Å². The zero-order chi connectivity index (χ0) is 19.6. The number of nitrogens with two attached hydrogens (primary N) is 1. The van der Waals surface area contributed by atoms with E-state index in [1.165, 1.54) is 22.1 Å². The molecule has 0 aromatic carbocycles. The van der Waals surface area contributed by atoms with Crippen LogP contribution in [0.15, 0.2) is 12.7 Å². The van der Waals surface area contributed by atoms with Crippen LogP contribution >= 0.6 is 0 Å². The Balaban J connectivity index is 1.91. The number of nitrogens with one attached hydrogen (secondary N) is 1. The largest absolute Gasteiger partial charge is 0.387 e. The van der Waals surface area contributed by atoms with Crippen molar-refractivity contribution in [2.45, 2.75) is 44.6 Å². The number of nitrogen functional groups attached to an aromatic ring is 1. The number of nitrogens with zero attached hydrogens (tertiary/aromatic N) is 5. The van der Waals surface area contributed by atoms with Gasteiger partial charge in [-0.1, -0.05) is 6.92 Å². The first-order chi connectivity index (χ1) is 13.0. The molecule has 0 spiro atoms. The van der Waals surface area contributed by atoms with Crippen molar-refractivity contribution in [2.24, 2.45) is 0 Å². The van der Waals surface area contributed by atoms with Crippen LogP contribution in [0.2, 0.25) is 0 Å². The summed E-state index contributed by atoms with van der Waals surface area (Å²) in [6.45, 7) is 4.38. The van der Waals surface area contributed by atoms with Crippen molar-refractivity contribution >= 4 is 23.4 Å². The lowest BCUT2D eigenvalue weighted by molar-refractivity contribution is -0.190. The Morgan fingerprint density at radius 2 is 2.19 bits per heavy atom. The van der Waals surface area contributed by atoms with E-state index in [9.17, 15) is 15.0 Å². The van der Waals surface area contributed by atoms with Gasteiger partial charge >= 0.3 is 0 Å². The van der Waals surface area contributed by atoms with Gasteiger partial charge in [0.15, 0.2) is 23.9 Å². The number of fused-ring (bicyclic) bond motifs is 1. The molecule has 12 nitrogen and oxygen atoms in total. The third-order valence-corrected chi connectivity index (χ3v) is 4.39. The van der Waals surface area contributed by atoms with E-state index in [0.717, 1.165) is 0 Å². The zero-order valence-electron chi connectivity index (χ0n) is 15.0. The van der Waals surface area contributed by atoms with Gasteiger partial charge in [-0.15, -0.1) is 0 Å². The van der Waals surface area contributed by atoms with Crippen LogP contribution in [0.1, 0.15) is 20.1 Å². The number of hydrogen-bond acceptors (Lipinski definition) is 10. The van der Waals surface area contributed by atoms with Crippen LogP contribution in [0, 0.1) is 0 Å². The summed E-state index contributed by atoms with van der Waals surface area (Å²) >= 11 is 0. The number of aliphatic hydroxyl groups excluding tert-OH is 2. The van der Waals surface area contributed by atoms with E-state index < -0.39 is 30.8 Å². The van der Waals surface area contributed by atoms with E-state index in [0.29, 0.717) is 30.7 Å². The van der Waals surface area contributed by atoms with E-state index in [1.54, 1.807) is 6.92 Å². The number of aliphatic hydroxyl groups is 2. The first-order valence-corrected chi connectivity index (χ1v) is 8.57. The molecular weight excluding hydrogens is 358 g/mol. The molecule has 0 radical (unpaired) electrons. The highest BCUT2D eigenvalue weighted by Gasteiger charge is 2.49. The summed E-state index contributed by atoms with van der Waals surface area (Å²) in [7, 11) is 0. The lowest BCUT2D eigenvalue weighted by atomic mass is 10.1. The fourth-order valence-corrected chi connectivity index (χ4v) is 3.01. The molecule has 1 saturated heterocycles. The average Bonchev–Trinajstić information content (AvgIpc) is 3.22. The van der Waals surface area contributed by atoms with Crippen LogP contribution in [0.25, 0.3) is 11.2 Å². The van der Waals surface area contributed by atoms with Gasteiger partial charge in [-0.05, 0) is 6.92 Å². The zero-order valence-corrected chi connectivity index (χ0v) is 15.0. The Bertz CT molecular complexity index is 787. The maximum Gasteiger partial charge on any atom is 0.211 e. The van der Waals surface area contributed by atoms with E-state index in [-0.39, 0.29) is 5.82 Å². The summed E-state index contributed by atoms with van der Waals surface area (Å²) in [5, 5.41) is 21.1. The number of likely N-dealkylation sites (N-methyl/N-ethyl adjacent to an activating group) is 1. The summed E-state index contributed by atoms with van der Waals surface area (Å²) < 4.78 is 7.34. The number of anilines is 1. The predicted octanol–water partition coefficient (Wildman–Crippen LogP) is -1.63. The van der Waals surface area contributed by atoms with Gasteiger partial charge < -0.3 is 25.6 Å². The van der Waals surface area contributed by atoms with Crippen LogP contribution in [-0.4, -0.2) is 78.7 Å². The third-order valence-electron chi connectivity index (χ3n) is 4.39. The molecule has 12 heteroatoms. The number of rotatable bonds is 8. The minimum Gasteiger partial charge on any atom is -0.387 e. The number of ether oxygens (including phenoxy) is 1. The summed E-state index contributed by atoms with van der Waals surface area (Å²) in [4.78, 5) is 30.3. The fraction of sp³-hybridized carbons (Fsp3) is 0.600. The highest BCUT2D eigenvalue weighted by atomic mass is 16.7. The normalized spacial score (nSPS) is 26.4. The molecule has 1 amide bonds. The Hall–Kier alpha value is -2.38. The lowest BCUT2D eigenvalue weighted by Gasteiger charge is -2.32. The van der Waals surface area contributed by atoms with Gasteiger partial charge in [-0.25, -0.2) is 20.4 Å². The molecule has 1 aliphatic heterocycles. The summed E-state index contributed by atoms with van der Waals surface area (Å²) in [5.41, 5.74) is 9.16. The number of imidazole rings is 1. The SMILES string of the molecule is CCNOC([C@H]1O[C@@H](n2cnc3c(N)ncnc32)[C@H](O)[C@@H]1O)N(C=O)CC. The molecule has 3 heterocycles. The molecule has 3 rings (SSSR count). The lowest BCUT2D eigenvalue weighted by Crippen LogP contribution is -2.51. The Morgan fingerprint density at radius 1 is 1.41 bits per heavy atom. The van der Waals surface area contributed by atoms with Crippen LogP contribution < -0.4 is 11.2 Å². The Labute approximate surface area is 154 Å². The van der Waals surface area contributed by atoms with Crippen LogP contribution in [0.4, 0.5) is 5.82 Å². The van der Waals surface area contributed by atoms with Crippen molar-refractivity contribution in [1.82, 2.24) is 29.9 Å². The summed E-state index contributed by atoms with van der Waals surface area (Å²) in [6, 6.07) is 0. The maximum atomic E-state index is 11.4. The number of hydroxylamine groups is 1. The Kier molecular flexibility index (Phi) is 5.82. The fourth-order valence-electron chi connectivity index (χ4n) is 3.01. The number of amides is 1. The monoisotopic (exact) mass is 381 g/mol. The van der Waals surface area contributed by atoms with Crippen molar-refractivity contribution in [2.75, 3.05) is 18.8 Å². The van der Waals surface area contributed by atoms with Crippen molar-refractivity contribution in [3.8, 4) is 0 Å². The molecule has 2 aromatic rings. The average molecular weight is 381 g/mol. The van der Waals surface area contributed by atoms with E-state index >= 15 is 0 Å². The van der Waals surface area contributed by atoms with E-state index in [4.69, 9.17) is 15.3 Å². The van der Waals surface area contributed by atoms with Crippen molar-refractivity contribution in [3.63, 3.8) is 0 Å². The topological polar surface area (TPSA) is 161 Å². The molecule has 5 N–H and O–H groups in total.